The Labute approximate surface area is 170 Å². The minimum atomic E-state index is -2.51. The molecule has 0 aromatic heterocycles. The van der Waals surface area contributed by atoms with Crippen LogP contribution in [-0.2, 0) is 10.8 Å². The Morgan fingerprint density at radius 1 is 0.750 bits per heavy atom. The van der Waals surface area contributed by atoms with E-state index in [0.717, 1.165) is 12.8 Å². The lowest BCUT2D eigenvalue weighted by atomic mass is 9.90. The van der Waals surface area contributed by atoms with Crippen molar-refractivity contribution in [3.63, 3.8) is 0 Å². The highest BCUT2D eigenvalue weighted by atomic mass is 28.4. The van der Waals surface area contributed by atoms with E-state index in [1.807, 2.05) is 0 Å². The Bertz CT molecular complexity index is 872. The summed E-state index contributed by atoms with van der Waals surface area (Å²) in [6.07, 6.45) is 3.62. The fourth-order valence-electron chi connectivity index (χ4n) is 4.74. The molecule has 1 nitrogen and oxygen atoms in total. The molecule has 0 saturated carbocycles. The minimum Gasteiger partial charge on any atom is -0.400 e. The molecule has 1 aliphatic rings. The molecule has 3 aromatic rings. The van der Waals surface area contributed by atoms with Gasteiger partial charge in [-0.1, -0.05) is 106 Å². The van der Waals surface area contributed by atoms with E-state index in [-0.39, 0.29) is 11.1 Å². The van der Waals surface area contributed by atoms with Gasteiger partial charge in [0.1, 0.15) is 0 Å². The number of fused-ring (bicyclic) bond motifs is 1. The Morgan fingerprint density at radius 3 is 1.86 bits per heavy atom. The molecule has 0 N–H and O–H groups in total. The van der Waals surface area contributed by atoms with Crippen LogP contribution >= 0.6 is 0 Å². The molecule has 0 saturated heterocycles. The lowest BCUT2D eigenvalue weighted by Crippen LogP contribution is -2.67. The van der Waals surface area contributed by atoms with Crippen molar-refractivity contribution in [2.75, 3.05) is 0 Å². The normalized spacial score (nSPS) is 17.2. The monoisotopic (exact) mass is 386 g/mol. The van der Waals surface area contributed by atoms with Crippen molar-refractivity contribution in [3.8, 4) is 0 Å². The molecule has 0 unspecified atom stereocenters. The van der Waals surface area contributed by atoms with Crippen molar-refractivity contribution < 1.29 is 4.43 Å². The van der Waals surface area contributed by atoms with Gasteiger partial charge >= 0.3 is 0 Å². The first-order chi connectivity index (χ1) is 13.5. The number of benzene rings is 3. The van der Waals surface area contributed by atoms with Gasteiger partial charge in [-0.15, -0.1) is 0 Å². The lowest BCUT2D eigenvalue weighted by Gasteiger charge is -2.46. The largest absolute Gasteiger partial charge is 0.400 e. The molecule has 0 amide bonds. The van der Waals surface area contributed by atoms with Gasteiger partial charge in [0.15, 0.2) is 0 Å². The van der Waals surface area contributed by atoms with Gasteiger partial charge in [0, 0.05) is 0 Å². The molecule has 0 heterocycles. The average molecular weight is 387 g/mol. The quantitative estimate of drug-likeness (QED) is 0.527. The molecule has 1 atom stereocenters. The van der Waals surface area contributed by atoms with Gasteiger partial charge in [0.05, 0.1) is 6.10 Å². The highest BCUT2D eigenvalue weighted by Crippen LogP contribution is 2.42. The summed E-state index contributed by atoms with van der Waals surface area (Å²) >= 11 is 0. The molecule has 144 valence electrons. The predicted octanol–water partition coefficient (Wildman–Crippen LogP) is 5.64. The fraction of sp³-hybridized carbons (Fsp3) is 0.308. The van der Waals surface area contributed by atoms with Gasteiger partial charge in [-0.3, -0.25) is 0 Å². The van der Waals surface area contributed by atoms with Crippen LogP contribution in [0.5, 0.6) is 0 Å². The van der Waals surface area contributed by atoms with E-state index in [1.165, 1.54) is 27.9 Å². The van der Waals surface area contributed by atoms with E-state index < -0.39 is 8.32 Å². The number of hydrogen-bond acceptors (Lipinski definition) is 1. The minimum absolute atomic E-state index is 0.0160. The first-order valence-corrected chi connectivity index (χ1v) is 12.3. The van der Waals surface area contributed by atoms with Crippen LogP contribution in [-0.4, -0.2) is 8.32 Å². The van der Waals surface area contributed by atoms with E-state index >= 15 is 0 Å². The smallest absolute Gasteiger partial charge is 0.261 e. The fourth-order valence-corrected chi connectivity index (χ4v) is 9.42. The Morgan fingerprint density at radius 2 is 1.29 bits per heavy atom. The number of rotatable bonds is 4. The van der Waals surface area contributed by atoms with Crippen molar-refractivity contribution in [1.82, 2.24) is 0 Å². The Balaban J connectivity index is 1.89. The zero-order valence-corrected chi connectivity index (χ0v) is 18.2. The van der Waals surface area contributed by atoms with Crippen LogP contribution in [0.4, 0.5) is 0 Å². The summed E-state index contributed by atoms with van der Waals surface area (Å²) in [5, 5.41) is 2.73. The molecule has 3 aromatic carbocycles. The van der Waals surface area contributed by atoms with Crippen LogP contribution in [0.3, 0.4) is 0 Å². The van der Waals surface area contributed by atoms with E-state index in [9.17, 15) is 0 Å². The molecule has 4 rings (SSSR count). The lowest BCUT2D eigenvalue weighted by molar-refractivity contribution is 0.169. The third-order valence-electron chi connectivity index (χ3n) is 6.05. The molecule has 0 aliphatic heterocycles. The summed E-state index contributed by atoms with van der Waals surface area (Å²) in [6.45, 7) is 7.07. The highest BCUT2D eigenvalue weighted by molar-refractivity contribution is 6.99. The van der Waals surface area contributed by atoms with E-state index in [0.29, 0.717) is 0 Å². The van der Waals surface area contributed by atoms with Crippen LogP contribution in [0.1, 0.15) is 50.8 Å². The maximum absolute atomic E-state index is 7.38. The molecule has 28 heavy (non-hydrogen) atoms. The van der Waals surface area contributed by atoms with Crippen LogP contribution in [0.15, 0.2) is 84.9 Å². The van der Waals surface area contributed by atoms with Crippen LogP contribution in [0.25, 0.3) is 0 Å². The summed E-state index contributed by atoms with van der Waals surface area (Å²) in [5.41, 5.74) is 2.85. The van der Waals surface area contributed by atoms with Gasteiger partial charge < -0.3 is 4.43 Å². The molecule has 0 radical (unpaired) electrons. The summed E-state index contributed by atoms with van der Waals surface area (Å²) in [5.74, 6) is 0. The summed E-state index contributed by atoms with van der Waals surface area (Å²) in [4.78, 5) is 0. The van der Waals surface area contributed by atoms with E-state index in [2.05, 4.69) is 106 Å². The molecule has 1 aliphatic carbocycles. The molecule has 2 heteroatoms. The topological polar surface area (TPSA) is 9.23 Å². The molecular formula is C26H30OSi. The first kappa shape index (κ1) is 19.2. The molecule has 0 fully saturated rings. The van der Waals surface area contributed by atoms with Crippen molar-refractivity contribution >= 4 is 18.7 Å². The second-order valence-corrected chi connectivity index (χ2v) is 13.1. The first-order valence-electron chi connectivity index (χ1n) is 10.4. The Hall–Kier alpha value is -2.16. The van der Waals surface area contributed by atoms with Gasteiger partial charge in [0.25, 0.3) is 8.32 Å². The van der Waals surface area contributed by atoms with Crippen LogP contribution in [0, 0.1) is 0 Å². The summed E-state index contributed by atoms with van der Waals surface area (Å²) < 4.78 is 7.38. The van der Waals surface area contributed by atoms with Crippen molar-refractivity contribution in [2.24, 2.45) is 0 Å². The van der Waals surface area contributed by atoms with Crippen molar-refractivity contribution in [1.29, 1.82) is 0 Å². The van der Waals surface area contributed by atoms with Gasteiger partial charge in [-0.2, -0.15) is 0 Å². The second-order valence-electron chi connectivity index (χ2n) is 8.86. The number of aryl methyl sites for hydroxylation is 1. The second kappa shape index (κ2) is 7.69. The third-order valence-corrected chi connectivity index (χ3v) is 11.1. The van der Waals surface area contributed by atoms with E-state index in [1.54, 1.807) is 0 Å². The molecule has 0 spiro atoms. The van der Waals surface area contributed by atoms with Crippen LogP contribution in [0.2, 0.25) is 5.04 Å². The van der Waals surface area contributed by atoms with Crippen molar-refractivity contribution in [2.45, 2.75) is 51.2 Å². The van der Waals surface area contributed by atoms with Gasteiger partial charge in [-0.25, -0.2) is 0 Å². The third kappa shape index (κ3) is 3.36. The Kier molecular flexibility index (Phi) is 5.26. The SMILES string of the molecule is CC(C)(C)[Si](O[C@@H]1CCCc2ccccc21)(c1ccccc1)c1ccccc1. The predicted molar refractivity (Wildman–Crippen MR) is 121 cm³/mol. The zero-order valence-electron chi connectivity index (χ0n) is 17.2. The summed E-state index contributed by atoms with van der Waals surface area (Å²) in [6, 6.07) is 30.8. The molecule has 0 bridgehead atoms. The molecular weight excluding hydrogens is 356 g/mol. The zero-order chi connectivity index (χ0) is 19.6. The van der Waals surface area contributed by atoms with Crippen molar-refractivity contribution in [3.05, 3.63) is 96.1 Å². The maximum atomic E-state index is 7.38. The van der Waals surface area contributed by atoms with Gasteiger partial charge in [-0.05, 0) is 45.8 Å². The standard InChI is InChI=1S/C26H30OSi/c1-26(2,3)28(22-15-6-4-7-16-22,23-17-8-5-9-18-23)27-25-20-12-14-21-13-10-11-19-24(21)25/h4-11,13,15-19,25H,12,14,20H2,1-3H3/t25-/m1/s1. The van der Waals surface area contributed by atoms with Gasteiger partial charge in [0.2, 0.25) is 0 Å². The van der Waals surface area contributed by atoms with Crippen LogP contribution < -0.4 is 10.4 Å². The number of hydrogen-bond donors (Lipinski definition) is 0. The summed E-state index contributed by atoms with van der Waals surface area (Å²) in [7, 11) is -2.51. The highest BCUT2D eigenvalue weighted by Gasteiger charge is 2.51. The average Bonchev–Trinajstić information content (AvgIpc) is 2.72. The maximum Gasteiger partial charge on any atom is 0.261 e. The van der Waals surface area contributed by atoms with E-state index in [4.69, 9.17) is 4.43 Å².